The van der Waals surface area contributed by atoms with Crippen molar-refractivity contribution in [2.24, 2.45) is 0 Å². The van der Waals surface area contributed by atoms with Crippen LogP contribution in [-0.4, -0.2) is 24.2 Å². The average molecular weight is 337 g/mol. The number of nitrogens with one attached hydrogen (secondary N) is 1. The van der Waals surface area contributed by atoms with Crippen molar-refractivity contribution in [1.82, 2.24) is 0 Å². The van der Waals surface area contributed by atoms with Gasteiger partial charge >= 0.3 is 7.12 Å². The van der Waals surface area contributed by atoms with Gasteiger partial charge in [0, 0.05) is 11.3 Å². The van der Waals surface area contributed by atoms with Gasteiger partial charge in [0.1, 0.15) is 0 Å². The summed E-state index contributed by atoms with van der Waals surface area (Å²) in [6.07, 6.45) is 0. The molecule has 1 amide bonds. The Balaban J connectivity index is 1.83. The molecule has 0 aliphatic carbocycles. The van der Waals surface area contributed by atoms with Crippen LogP contribution in [0.4, 0.5) is 5.69 Å². The fourth-order valence-corrected chi connectivity index (χ4v) is 2.68. The zero-order chi connectivity index (χ0) is 18.2. The number of benzene rings is 2. The molecule has 1 N–H and O–H groups in total. The van der Waals surface area contributed by atoms with Crippen LogP contribution in [0.3, 0.4) is 0 Å². The topological polar surface area (TPSA) is 47.6 Å². The van der Waals surface area contributed by atoms with Crippen LogP contribution >= 0.6 is 0 Å². The van der Waals surface area contributed by atoms with E-state index in [9.17, 15) is 4.79 Å². The maximum absolute atomic E-state index is 12.4. The van der Waals surface area contributed by atoms with Crippen molar-refractivity contribution in [3.8, 4) is 0 Å². The van der Waals surface area contributed by atoms with E-state index < -0.39 is 18.3 Å². The lowest BCUT2D eigenvalue weighted by Gasteiger charge is -2.32. The van der Waals surface area contributed by atoms with Crippen molar-refractivity contribution in [1.29, 1.82) is 0 Å². The van der Waals surface area contributed by atoms with Gasteiger partial charge < -0.3 is 14.6 Å². The summed E-state index contributed by atoms with van der Waals surface area (Å²) in [5.74, 6) is -0.130. The Hall–Kier alpha value is -2.11. The third kappa shape index (κ3) is 3.48. The standard InChI is InChI=1S/C20H24BNO3/c1-14-11-12-16(21-24-19(2,3)20(4,5)25-21)13-17(14)22-18(23)15-9-7-6-8-10-15/h6-13H,1-5H3,(H,22,23). The Morgan fingerprint density at radius 1 is 0.960 bits per heavy atom. The molecule has 0 unspecified atom stereocenters. The molecule has 1 fully saturated rings. The van der Waals surface area contributed by atoms with Gasteiger partial charge in [-0.1, -0.05) is 30.3 Å². The summed E-state index contributed by atoms with van der Waals surface area (Å²) < 4.78 is 12.2. The van der Waals surface area contributed by atoms with Crippen LogP contribution in [0, 0.1) is 6.92 Å². The highest BCUT2D eigenvalue weighted by Gasteiger charge is 2.51. The average Bonchev–Trinajstić information content (AvgIpc) is 2.78. The Labute approximate surface area is 149 Å². The molecule has 0 spiro atoms. The second-order valence-corrected chi connectivity index (χ2v) is 7.48. The van der Waals surface area contributed by atoms with E-state index in [1.807, 2.05) is 71.0 Å². The Morgan fingerprint density at radius 3 is 2.16 bits per heavy atom. The molecule has 130 valence electrons. The molecule has 1 aliphatic heterocycles. The Kier molecular flexibility index (Phi) is 4.48. The predicted molar refractivity (Wildman–Crippen MR) is 101 cm³/mol. The molecule has 0 radical (unpaired) electrons. The minimum absolute atomic E-state index is 0.130. The first-order valence-electron chi connectivity index (χ1n) is 8.52. The van der Waals surface area contributed by atoms with E-state index in [0.717, 1.165) is 16.7 Å². The first-order valence-corrected chi connectivity index (χ1v) is 8.52. The van der Waals surface area contributed by atoms with Crippen LogP contribution in [0.2, 0.25) is 0 Å². The zero-order valence-electron chi connectivity index (χ0n) is 15.4. The third-order valence-corrected chi connectivity index (χ3v) is 5.07. The van der Waals surface area contributed by atoms with Crippen LogP contribution in [0.1, 0.15) is 43.6 Å². The van der Waals surface area contributed by atoms with Gasteiger partial charge in [-0.2, -0.15) is 0 Å². The van der Waals surface area contributed by atoms with Crippen molar-refractivity contribution >= 4 is 24.2 Å². The molecule has 0 aromatic heterocycles. The molecular weight excluding hydrogens is 313 g/mol. The molecule has 1 aliphatic rings. The van der Waals surface area contributed by atoms with E-state index in [4.69, 9.17) is 9.31 Å². The van der Waals surface area contributed by atoms with Crippen LogP contribution in [0.5, 0.6) is 0 Å². The molecule has 0 saturated carbocycles. The van der Waals surface area contributed by atoms with Crippen LogP contribution in [-0.2, 0) is 9.31 Å². The number of rotatable bonds is 3. The van der Waals surface area contributed by atoms with E-state index in [-0.39, 0.29) is 5.91 Å². The first-order chi connectivity index (χ1) is 11.7. The summed E-state index contributed by atoms with van der Waals surface area (Å²) >= 11 is 0. The first kappa shape index (κ1) is 17.7. The van der Waals surface area contributed by atoms with E-state index in [2.05, 4.69) is 5.32 Å². The number of hydrogen-bond acceptors (Lipinski definition) is 3. The van der Waals surface area contributed by atoms with Crippen molar-refractivity contribution in [2.75, 3.05) is 5.32 Å². The zero-order valence-corrected chi connectivity index (χ0v) is 15.4. The molecule has 0 bridgehead atoms. The van der Waals surface area contributed by atoms with Crippen LogP contribution in [0.25, 0.3) is 0 Å². The lowest BCUT2D eigenvalue weighted by molar-refractivity contribution is 0.00578. The molecule has 4 nitrogen and oxygen atoms in total. The van der Waals surface area contributed by atoms with Gasteiger partial charge in [-0.15, -0.1) is 0 Å². The smallest absolute Gasteiger partial charge is 0.399 e. The lowest BCUT2D eigenvalue weighted by Crippen LogP contribution is -2.41. The number of hydrogen-bond donors (Lipinski definition) is 1. The Bertz CT molecular complexity index is 771. The number of amides is 1. The van der Waals surface area contributed by atoms with Crippen molar-refractivity contribution < 1.29 is 14.1 Å². The lowest BCUT2D eigenvalue weighted by atomic mass is 9.78. The SMILES string of the molecule is Cc1ccc(B2OC(C)(C)C(C)(C)O2)cc1NC(=O)c1ccccc1. The fraction of sp³-hybridized carbons (Fsp3) is 0.350. The molecule has 1 saturated heterocycles. The van der Waals surface area contributed by atoms with Crippen LogP contribution in [0.15, 0.2) is 48.5 Å². The maximum Gasteiger partial charge on any atom is 0.494 e. The van der Waals surface area contributed by atoms with Crippen molar-refractivity contribution in [2.45, 2.75) is 45.8 Å². The van der Waals surface area contributed by atoms with Gasteiger partial charge in [-0.25, -0.2) is 0 Å². The van der Waals surface area contributed by atoms with Gasteiger partial charge in [0.15, 0.2) is 0 Å². The van der Waals surface area contributed by atoms with E-state index in [0.29, 0.717) is 5.56 Å². The highest BCUT2D eigenvalue weighted by molar-refractivity contribution is 6.62. The van der Waals surface area contributed by atoms with Crippen molar-refractivity contribution in [3.63, 3.8) is 0 Å². The third-order valence-electron chi connectivity index (χ3n) is 5.07. The predicted octanol–water partition coefficient (Wildman–Crippen LogP) is 3.55. The number of aryl methyl sites for hydroxylation is 1. The minimum atomic E-state index is -0.446. The summed E-state index contributed by atoms with van der Waals surface area (Å²) in [6, 6.07) is 15.1. The van der Waals surface area contributed by atoms with E-state index in [1.165, 1.54) is 0 Å². The molecule has 0 atom stereocenters. The molecule has 25 heavy (non-hydrogen) atoms. The van der Waals surface area contributed by atoms with Crippen LogP contribution < -0.4 is 10.8 Å². The number of anilines is 1. The van der Waals surface area contributed by atoms with Gasteiger partial charge in [0.05, 0.1) is 11.2 Å². The molecular formula is C20H24BNO3. The second-order valence-electron chi connectivity index (χ2n) is 7.48. The fourth-order valence-electron chi connectivity index (χ4n) is 2.68. The second kappa shape index (κ2) is 6.32. The molecule has 3 rings (SSSR count). The highest BCUT2D eigenvalue weighted by atomic mass is 16.7. The Morgan fingerprint density at radius 2 is 1.56 bits per heavy atom. The maximum atomic E-state index is 12.4. The quantitative estimate of drug-likeness (QED) is 0.872. The highest BCUT2D eigenvalue weighted by Crippen LogP contribution is 2.36. The van der Waals surface area contributed by atoms with E-state index in [1.54, 1.807) is 12.1 Å². The molecule has 1 heterocycles. The molecule has 2 aromatic carbocycles. The monoisotopic (exact) mass is 337 g/mol. The van der Waals surface area contributed by atoms with Gasteiger partial charge in [-0.05, 0) is 63.8 Å². The summed E-state index contributed by atoms with van der Waals surface area (Å²) in [6.45, 7) is 10.1. The van der Waals surface area contributed by atoms with Gasteiger partial charge in [0.2, 0.25) is 0 Å². The minimum Gasteiger partial charge on any atom is -0.399 e. The van der Waals surface area contributed by atoms with Gasteiger partial charge in [0.25, 0.3) is 5.91 Å². The van der Waals surface area contributed by atoms with Crippen molar-refractivity contribution in [3.05, 3.63) is 59.7 Å². The number of carbonyl (C=O) groups excluding carboxylic acids is 1. The summed E-state index contributed by atoms with van der Waals surface area (Å²) in [5, 5.41) is 2.98. The van der Waals surface area contributed by atoms with E-state index >= 15 is 0 Å². The van der Waals surface area contributed by atoms with Gasteiger partial charge in [-0.3, -0.25) is 4.79 Å². The summed E-state index contributed by atoms with van der Waals surface area (Å²) in [4.78, 5) is 12.4. The summed E-state index contributed by atoms with van der Waals surface area (Å²) in [5.41, 5.74) is 2.49. The largest absolute Gasteiger partial charge is 0.494 e. The number of carbonyl (C=O) groups is 1. The molecule has 5 heteroatoms. The normalized spacial score (nSPS) is 18.2. The molecule has 2 aromatic rings. The summed E-state index contributed by atoms with van der Waals surface area (Å²) in [7, 11) is -0.446.